The Balaban J connectivity index is 1.54. The normalized spacial score (nSPS) is 14.6. The summed E-state index contributed by atoms with van der Waals surface area (Å²) in [6, 6.07) is 10.2. The largest absolute Gasteiger partial charge is 0.378 e. The predicted molar refractivity (Wildman–Crippen MR) is 122 cm³/mol. The molecule has 158 valence electrons. The lowest BCUT2D eigenvalue weighted by Gasteiger charge is -2.26. The minimum atomic E-state index is 0.565. The third-order valence-electron chi connectivity index (χ3n) is 4.96. The molecule has 10 heteroatoms. The zero-order chi connectivity index (χ0) is 21.2. The third kappa shape index (κ3) is 4.12. The van der Waals surface area contributed by atoms with E-state index in [0.29, 0.717) is 36.1 Å². The SMILES string of the molecule is Cc1cccc(/C=N/Nc2nc(N3CCOCC3)nc3c2ncn3-c2cc(C)ns2)c1. The monoisotopic (exact) mass is 434 g/mol. The van der Waals surface area contributed by atoms with E-state index in [1.165, 1.54) is 17.1 Å². The molecule has 1 aliphatic rings. The number of aryl methyl sites for hydroxylation is 2. The Morgan fingerprint density at radius 3 is 2.81 bits per heavy atom. The van der Waals surface area contributed by atoms with Crippen LogP contribution in [0.1, 0.15) is 16.8 Å². The number of rotatable bonds is 5. The van der Waals surface area contributed by atoms with Gasteiger partial charge in [-0.15, -0.1) is 0 Å². The van der Waals surface area contributed by atoms with Crippen LogP contribution in [0.4, 0.5) is 11.8 Å². The summed E-state index contributed by atoms with van der Waals surface area (Å²) >= 11 is 1.41. The average molecular weight is 435 g/mol. The summed E-state index contributed by atoms with van der Waals surface area (Å²) in [7, 11) is 0. The van der Waals surface area contributed by atoms with Gasteiger partial charge in [0.2, 0.25) is 5.95 Å². The Hall–Kier alpha value is -3.37. The fourth-order valence-corrected chi connectivity index (χ4v) is 4.15. The number of anilines is 2. The van der Waals surface area contributed by atoms with Gasteiger partial charge >= 0.3 is 0 Å². The number of morpholine rings is 1. The highest BCUT2D eigenvalue weighted by Gasteiger charge is 2.20. The molecule has 0 radical (unpaired) electrons. The smallest absolute Gasteiger partial charge is 0.229 e. The molecule has 0 saturated carbocycles. The highest BCUT2D eigenvalue weighted by atomic mass is 32.1. The number of ether oxygens (including phenoxy) is 1. The van der Waals surface area contributed by atoms with Crippen molar-refractivity contribution in [2.45, 2.75) is 13.8 Å². The third-order valence-corrected chi connectivity index (χ3v) is 5.84. The number of hydrazone groups is 1. The molecule has 1 N–H and O–H groups in total. The zero-order valence-corrected chi connectivity index (χ0v) is 18.1. The van der Waals surface area contributed by atoms with Crippen LogP contribution in [0.5, 0.6) is 0 Å². The molecule has 0 atom stereocenters. The second-order valence-electron chi connectivity index (χ2n) is 7.35. The Labute approximate surface area is 183 Å². The molecule has 0 amide bonds. The first-order chi connectivity index (χ1) is 15.2. The van der Waals surface area contributed by atoms with E-state index in [1.807, 2.05) is 29.7 Å². The molecule has 0 unspecified atom stereocenters. The number of hydrogen-bond acceptors (Lipinski definition) is 9. The van der Waals surface area contributed by atoms with Crippen molar-refractivity contribution in [3.63, 3.8) is 0 Å². The van der Waals surface area contributed by atoms with Gasteiger partial charge in [0.05, 0.1) is 25.1 Å². The second-order valence-corrected chi connectivity index (χ2v) is 8.13. The summed E-state index contributed by atoms with van der Waals surface area (Å²) in [6.45, 7) is 6.82. The minimum absolute atomic E-state index is 0.565. The maximum atomic E-state index is 5.48. The van der Waals surface area contributed by atoms with Crippen LogP contribution in [-0.2, 0) is 4.74 Å². The highest BCUT2D eigenvalue weighted by Crippen LogP contribution is 2.27. The first-order valence-electron chi connectivity index (χ1n) is 10.0. The number of aromatic nitrogens is 5. The zero-order valence-electron chi connectivity index (χ0n) is 17.3. The molecule has 5 rings (SSSR count). The predicted octanol–water partition coefficient (Wildman–Crippen LogP) is 3.17. The fourth-order valence-electron chi connectivity index (χ4n) is 3.41. The van der Waals surface area contributed by atoms with E-state index in [9.17, 15) is 0 Å². The molecule has 9 nitrogen and oxygen atoms in total. The number of imidazole rings is 1. The van der Waals surface area contributed by atoms with Crippen LogP contribution in [0, 0.1) is 13.8 Å². The maximum Gasteiger partial charge on any atom is 0.229 e. The van der Waals surface area contributed by atoms with Gasteiger partial charge in [-0.1, -0.05) is 29.8 Å². The molecular formula is C21H22N8OS. The van der Waals surface area contributed by atoms with E-state index < -0.39 is 0 Å². The lowest BCUT2D eigenvalue weighted by Crippen LogP contribution is -2.37. The second kappa shape index (κ2) is 8.40. The Bertz CT molecular complexity index is 1240. The van der Waals surface area contributed by atoms with E-state index in [1.54, 1.807) is 12.5 Å². The molecule has 4 heterocycles. The Morgan fingerprint density at radius 2 is 2.03 bits per heavy atom. The van der Waals surface area contributed by atoms with Crippen LogP contribution in [0.2, 0.25) is 0 Å². The van der Waals surface area contributed by atoms with Crippen molar-refractivity contribution in [1.82, 2.24) is 23.9 Å². The molecule has 3 aromatic heterocycles. The van der Waals surface area contributed by atoms with E-state index in [2.05, 4.69) is 43.8 Å². The van der Waals surface area contributed by atoms with Crippen molar-refractivity contribution in [1.29, 1.82) is 0 Å². The summed E-state index contributed by atoms with van der Waals surface area (Å²) in [6.07, 6.45) is 3.53. The van der Waals surface area contributed by atoms with Crippen LogP contribution in [0.15, 0.2) is 41.8 Å². The van der Waals surface area contributed by atoms with Crippen LogP contribution in [-0.4, -0.2) is 56.4 Å². The summed E-state index contributed by atoms with van der Waals surface area (Å²) in [5, 5.41) is 5.37. The van der Waals surface area contributed by atoms with Gasteiger partial charge in [-0.05, 0) is 37.0 Å². The van der Waals surface area contributed by atoms with E-state index in [-0.39, 0.29) is 0 Å². The number of benzene rings is 1. The van der Waals surface area contributed by atoms with Crippen molar-refractivity contribution in [2.24, 2.45) is 5.10 Å². The topological polar surface area (TPSA) is 93.4 Å². The lowest BCUT2D eigenvalue weighted by atomic mass is 10.2. The van der Waals surface area contributed by atoms with E-state index in [0.717, 1.165) is 29.3 Å². The van der Waals surface area contributed by atoms with Crippen molar-refractivity contribution in [3.05, 3.63) is 53.5 Å². The van der Waals surface area contributed by atoms with Crippen LogP contribution in [0.25, 0.3) is 16.2 Å². The fraction of sp³-hybridized carbons (Fsp3) is 0.286. The van der Waals surface area contributed by atoms with Crippen LogP contribution < -0.4 is 10.3 Å². The number of hydrogen-bond donors (Lipinski definition) is 1. The Morgan fingerprint density at radius 1 is 1.16 bits per heavy atom. The molecule has 1 aliphatic heterocycles. The van der Waals surface area contributed by atoms with Crippen molar-refractivity contribution >= 4 is 40.7 Å². The first-order valence-corrected chi connectivity index (χ1v) is 10.8. The number of fused-ring (bicyclic) bond motifs is 1. The molecule has 0 bridgehead atoms. The lowest BCUT2D eigenvalue weighted by molar-refractivity contribution is 0.122. The number of nitrogens with zero attached hydrogens (tertiary/aromatic N) is 7. The van der Waals surface area contributed by atoms with E-state index in [4.69, 9.17) is 14.7 Å². The first kappa shape index (κ1) is 19.6. The van der Waals surface area contributed by atoms with E-state index >= 15 is 0 Å². The highest BCUT2D eigenvalue weighted by molar-refractivity contribution is 7.08. The van der Waals surface area contributed by atoms with Crippen LogP contribution >= 0.6 is 11.5 Å². The van der Waals surface area contributed by atoms with Crippen molar-refractivity contribution in [2.75, 3.05) is 36.6 Å². The van der Waals surface area contributed by atoms with Gasteiger partial charge in [0.25, 0.3) is 0 Å². The van der Waals surface area contributed by atoms with Gasteiger partial charge < -0.3 is 9.64 Å². The van der Waals surface area contributed by atoms with Crippen molar-refractivity contribution in [3.8, 4) is 5.00 Å². The number of nitrogens with one attached hydrogen (secondary N) is 1. The summed E-state index contributed by atoms with van der Waals surface area (Å²) in [5.41, 5.74) is 7.61. The minimum Gasteiger partial charge on any atom is -0.378 e. The summed E-state index contributed by atoms with van der Waals surface area (Å²) in [5.74, 6) is 1.20. The maximum absolute atomic E-state index is 5.48. The van der Waals surface area contributed by atoms with Gasteiger partial charge in [-0.2, -0.15) is 19.4 Å². The Kier molecular flexibility index (Phi) is 5.31. The molecule has 31 heavy (non-hydrogen) atoms. The quantitative estimate of drug-likeness (QED) is 0.381. The van der Waals surface area contributed by atoms with Gasteiger partial charge in [-0.25, -0.2) is 4.98 Å². The van der Waals surface area contributed by atoms with Gasteiger partial charge in [0.1, 0.15) is 11.3 Å². The molecule has 1 fully saturated rings. The summed E-state index contributed by atoms with van der Waals surface area (Å²) < 4.78 is 11.8. The van der Waals surface area contributed by atoms with Gasteiger partial charge in [-0.3, -0.25) is 9.99 Å². The van der Waals surface area contributed by atoms with Crippen LogP contribution in [0.3, 0.4) is 0 Å². The average Bonchev–Trinajstić information content (AvgIpc) is 3.40. The van der Waals surface area contributed by atoms with Gasteiger partial charge in [0, 0.05) is 13.1 Å². The molecular weight excluding hydrogens is 412 g/mol. The molecule has 1 saturated heterocycles. The summed E-state index contributed by atoms with van der Waals surface area (Å²) in [4.78, 5) is 16.2. The molecule has 0 spiro atoms. The van der Waals surface area contributed by atoms with Crippen molar-refractivity contribution < 1.29 is 4.74 Å². The molecule has 1 aromatic carbocycles. The van der Waals surface area contributed by atoms with Gasteiger partial charge in [0.15, 0.2) is 17.0 Å². The molecule has 4 aromatic rings. The molecule has 0 aliphatic carbocycles. The standard InChI is InChI=1S/C21H22N8OS/c1-14-4-3-5-16(10-14)12-23-26-19-18-20(25-21(24-19)28-6-8-30-9-7-28)29(13-22-18)17-11-15(2)27-31-17/h3-5,10-13H,6-9H2,1-2H3,(H,24,25,26)/b23-12+.